The van der Waals surface area contributed by atoms with E-state index in [1.165, 1.54) is 12.3 Å². The van der Waals surface area contributed by atoms with Crippen LogP contribution in [0.4, 0.5) is 0 Å². The van der Waals surface area contributed by atoms with Crippen LogP contribution in [-0.4, -0.2) is 28.8 Å². The number of aldehydes is 1. The number of esters is 1. The fraction of sp³-hybridized carbons (Fsp3) is 0.250. The van der Waals surface area contributed by atoms with E-state index in [1.807, 2.05) is 0 Å². The van der Waals surface area contributed by atoms with E-state index in [0.717, 1.165) is 0 Å². The van der Waals surface area contributed by atoms with Gasteiger partial charge in [-0.3, -0.25) is 4.79 Å². The van der Waals surface area contributed by atoms with Crippen molar-refractivity contribution in [2.24, 2.45) is 0 Å². The van der Waals surface area contributed by atoms with Gasteiger partial charge in [-0.05, 0) is 13.0 Å². The standard InChI is InChI=1S/C8H8N2O3/c1-2-13-8(12)6-3-4-9-7(5-11)10-6/h3-5H,2H2,1H3. The second-order valence-electron chi connectivity index (χ2n) is 2.14. The maximum absolute atomic E-state index is 11.1. The first-order valence-electron chi connectivity index (χ1n) is 3.73. The Labute approximate surface area is 74.8 Å². The van der Waals surface area contributed by atoms with Crippen LogP contribution in [0.2, 0.25) is 0 Å². The molecule has 0 unspecified atom stereocenters. The lowest BCUT2D eigenvalue weighted by Gasteiger charge is -1.99. The molecule has 0 aliphatic rings. The lowest BCUT2D eigenvalue weighted by atomic mass is 10.4. The zero-order valence-electron chi connectivity index (χ0n) is 7.06. The van der Waals surface area contributed by atoms with Gasteiger partial charge in [-0.2, -0.15) is 0 Å². The van der Waals surface area contributed by atoms with Gasteiger partial charge < -0.3 is 4.74 Å². The Bertz CT molecular complexity index is 325. The van der Waals surface area contributed by atoms with Crippen molar-refractivity contribution in [2.75, 3.05) is 6.61 Å². The predicted octanol–water partition coefficient (Wildman–Crippen LogP) is 0.466. The third-order valence-corrected chi connectivity index (χ3v) is 1.26. The number of ether oxygens (including phenoxy) is 1. The monoisotopic (exact) mass is 180 g/mol. The zero-order chi connectivity index (χ0) is 9.68. The van der Waals surface area contributed by atoms with Gasteiger partial charge >= 0.3 is 5.97 Å². The fourth-order valence-electron chi connectivity index (χ4n) is 0.749. The average molecular weight is 180 g/mol. The van der Waals surface area contributed by atoms with Gasteiger partial charge in [-0.1, -0.05) is 0 Å². The van der Waals surface area contributed by atoms with Crippen LogP contribution in [0, 0.1) is 0 Å². The van der Waals surface area contributed by atoms with Crippen LogP contribution in [0.25, 0.3) is 0 Å². The average Bonchev–Trinajstić information content (AvgIpc) is 2.18. The molecule has 0 N–H and O–H groups in total. The summed E-state index contributed by atoms with van der Waals surface area (Å²) in [6, 6.07) is 1.39. The molecule has 5 nitrogen and oxygen atoms in total. The summed E-state index contributed by atoms with van der Waals surface area (Å²) in [4.78, 5) is 28.6. The minimum atomic E-state index is -0.548. The minimum absolute atomic E-state index is 0.0226. The van der Waals surface area contributed by atoms with Crippen molar-refractivity contribution in [1.82, 2.24) is 9.97 Å². The minimum Gasteiger partial charge on any atom is -0.461 e. The molecule has 0 aromatic carbocycles. The van der Waals surface area contributed by atoms with E-state index in [1.54, 1.807) is 6.92 Å². The topological polar surface area (TPSA) is 69.2 Å². The van der Waals surface area contributed by atoms with Crippen LogP contribution in [-0.2, 0) is 4.74 Å². The maximum atomic E-state index is 11.1. The third kappa shape index (κ3) is 2.33. The smallest absolute Gasteiger partial charge is 0.357 e. The SMILES string of the molecule is CCOC(=O)c1ccnc(C=O)n1. The molecule has 1 aromatic rings. The lowest BCUT2D eigenvalue weighted by Crippen LogP contribution is -2.08. The van der Waals surface area contributed by atoms with Gasteiger partial charge in [-0.25, -0.2) is 14.8 Å². The summed E-state index contributed by atoms with van der Waals surface area (Å²) in [5, 5.41) is 0. The highest BCUT2D eigenvalue weighted by atomic mass is 16.5. The first-order valence-corrected chi connectivity index (χ1v) is 3.73. The van der Waals surface area contributed by atoms with Crippen LogP contribution in [0.5, 0.6) is 0 Å². The molecule has 0 spiro atoms. The molecule has 0 radical (unpaired) electrons. The van der Waals surface area contributed by atoms with E-state index >= 15 is 0 Å². The van der Waals surface area contributed by atoms with E-state index in [2.05, 4.69) is 14.7 Å². The Morgan fingerprint density at radius 3 is 3.08 bits per heavy atom. The Kier molecular flexibility index (Phi) is 3.08. The van der Waals surface area contributed by atoms with Crippen LogP contribution in [0.1, 0.15) is 28.0 Å². The second kappa shape index (κ2) is 4.30. The molecule has 0 fully saturated rings. The summed E-state index contributed by atoms with van der Waals surface area (Å²) in [5.41, 5.74) is 0.0963. The molecule has 0 bridgehead atoms. The van der Waals surface area contributed by atoms with Crippen molar-refractivity contribution in [1.29, 1.82) is 0 Å². The molecule has 0 saturated carbocycles. The van der Waals surface area contributed by atoms with Crippen LogP contribution in [0.3, 0.4) is 0 Å². The Morgan fingerprint density at radius 2 is 2.46 bits per heavy atom. The molecule has 0 saturated heterocycles. The molecule has 0 aliphatic heterocycles. The van der Waals surface area contributed by atoms with Crippen LogP contribution < -0.4 is 0 Å². The molecular weight excluding hydrogens is 172 g/mol. The van der Waals surface area contributed by atoms with Crippen LogP contribution >= 0.6 is 0 Å². The van der Waals surface area contributed by atoms with Gasteiger partial charge in [0.15, 0.2) is 17.8 Å². The van der Waals surface area contributed by atoms with Crippen molar-refractivity contribution in [3.8, 4) is 0 Å². The van der Waals surface area contributed by atoms with Crippen molar-refractivity contribution in [3.63, 3.8) is 0 Å². The molecule has 0 aliphatic carbocycles. The second-order valence-corrected chi connectivity index (χ2v) is 2.14. The highest BCUT2D eigenvalue weighted by molar-refractivity contribution is 5.87. The number of rotatable bonds is 3. The first kappa shape index (κ1) is 9.31. The molecule has 1 heterocycles. The molecule has 13 heavy (non-hydrogen) atoms. The Balaban J connectivity index is 2.88. The number of carbonyl (C=O) groups is 2. The highest BCUT2D eigenvalue weighted by Crippen LogP contribution is 1.96. The van der Waals surface area contributed by atoms with Gasteiger partial charge in [0, 0.05) is 6.20 Å². The van der Waals surface area contributed by atoms with E-state index in [-0.39, 0.29) is 18.1 Å². The summed E-state index contributed by atoms with van der Waals surface area (Å²) in [7, 11) is 0. The number of hydrogen-bond donors (Lipinski definition) is 0. The third-order valence-electron chi connectivity index (χ3n) is 1.26. The molecule has 0 amide bonds. The zero-order valence-corrected chi connectivity index (χ0v) is 7.06. The van der Waals surface area contributed by atoms with Crippen LogP contribution in [0.15, 0.2) is 12.3 Å². The molecule has 1 rings (SSSR count). The first-order chi connectivity index (χ1) is 6.27. The fourth-order valence-corrected chi connectivity index (χ4v) is 0.749. The summed E-state index contributed by atoms with van der Waals surface area (Å²) >= 11 is 0. The predicted molar refractivity (Wildman–Crippen MR) is 43.4 cm³/mol. The van der Waals surface area contributed by atoms with Gasteiger partial charge in [0.2, 0.25) is 0 Å². The van der Waals surface area contributed by atoms with Gasteiger partial charge in [0.25, 0.3) is 0 Å². The lowest BCUT2D eigenvalue weighted by molar-refractivity contribution is 0.0519. The maximum Gasteiger partial charge on any atom is 0.357 e. The van der Waals surface area contributed by atoms with Crippen molar-refractivity contribution in [2.45, 2.75) is 6.92 Å². The van der Waals surface area contributed by atoms with Gasteiger partial charge in [0.05, 0.1) is 6.61 Å². The van der Waals surface area contributed by atoms with E-state index in [9.17, 15) is 9.59 Å². The van der Waals surface area contributed by atoms with E-state index in [0.29, 0.717) is 6.29 Å². The number of aromatic nitrogens is 2. The van der Waals surface area contributed by atoms with Crippen molar-refractivity contribution < 1.29 is 14.3 Å². The normalized spacial score (nSPS) is 9.31. The van der Waals surface area contributed by atoms with Crippen molar-refractivity contribution >= 4 is 12.3 Å². The van der Waals surface area contributed by atoms with Gasteiger partial charge in [-0.15, -0.1) is 0 Å². The number of hydrogen-bond acceptors (Lipinski definition) is 5. The largest absolute Gasteiger partial charge is 0.461 e. The molecule has 68 valence electrons. The highest BCUT2D eigenvalue weighted by Gasteiger charge is 2.08. The summed E-state index contributed by atoms with van der Waals surface area (Å²) in [6.07, 6.45) is 1.81. The molecular formula is C8H8N2O3. The Morgan fingerprint density at radius 1 is 1.69 bits per heavy atom. The number of carbonyl (C=O) groups excluding carboxylic acids is 2. The van der Waals surface area contributed by atoms with Gasteiger partial charge in [0.1, 0.15) is 0 Å². The van der Waals surface area contributed by atoms with E-state index < -0.39 is 5.97 Å². The summed E-state index contributed by atoms with van der Waals surface area (Å²) in [5.74, 6) is -0.571. The molecule has 5 heteroatoms. The van der Waals surface area contributed by atoms with E-state index in [4.69, 9.17) is 0 Å². The van der Waals surface area contributed by atoms with Crippen molar-refractivity contribution in [3.05, 3.63) is 23.8 Å². The Hall–Kier alpha value is -1.78. The quantitative estimate of drug-likeness (QED) is 0.499. The summed E-state index contributed by atoms with van der Waals surface area (Å²) < 4.78 is 4.68. The molecule has 1 aromatic heterocycles. The summed E-state index contributed by atoms with van der Waals surface area (Å²) in [6.45, 7) is 1.97. The molecule has 0 atom stereocenters. The number of nitrogens with zero attached hydrogens (tertiary/aromatic N) is 2.